The topological polar surface area (TPSA) is 63.7 Å². The summed E-state index contributed by atoms with van der Waals surface area (Å²) in [7, 11) is 0. The van der Waals surface area contributed by atoms with Crippen LogP contribution in [0.25, 0.3) is 0 Å². The standard InChI is InChI=1S/C23H27N3O3/c27-22(15-18-4-1-2-11-24-18)25-19-7-8-21-17(14-19)16-28-23(29-21)9-12-26(13-10-23)20-5-3-6-20/h1-2,4,7-8,11,14,20H,3,5-6,9-10,12-13,15-16H2,(H,25,27). The molecule has 152 valence electrons. The van der Waals surface area contributed by atoms with E-state index in [9.17, 15) is 4.79 Å². The summed E-state index contributed by atoms with van der Waals surface area (Å²) in [5, 5.41) is 2.95. The minimum atomic E-state index is -0.489. The molecule has 1 saturated heterocycles. The van der Waals surface area contributed by atoms with Crippen LogP contribution in [0.3, 0.4) is 0 Å². The number of piperidine rings is 1. The molecule has 2 aliphatic heterocycles. The van der Waals surface area contributed by atoms with Gasteiger partial charge in [0.15, 0.2) is 0 Å². The number of fused-ring (bicyclic) bond motifs is 1. The maximum absolute atomic E-state index is 12.3. The third-order valence-electron chi connectivity index (χ3n) is 6.35. The van der Waals surface area contributed by atoms with E-state index in [1.807, 2.05) is 36.4 Å². The lowest BCUT2D eigenvalue weighted by Gasteiger charge is -2.47. The summed E-state index contributed by atoms with van der Waals surface area (Å²) in [6.45, 7) is 2.60. The molecule has 6 nitrogen and oxygen atoms in total. The van der Waals surface area contributed by atoms with Crippen molar-refractivity contribution in [2.45, 2.75) is 57.0 Å². The van der Waals surface area contributed by atoms with Crippen LogP contribution in [0, 0.1) is 0 Å². The van der Waals surface area contributed by atoms with Crippen LogP contribution >= 0.6 is 0 Å². The van der Waals surface area contributed by atoms with Crippen molar-refractivity contribution in [2.24, 2.45) is 0 Å². The number of ether oxygens (including phenoxy) is 2. The number of pyridine rings is 1. The van der Waals surface area contributed by atoms with Gasteiger partial charge in [0, 0.05) is 55.1 Å². The molecule has 1 spiro atoms. The number of carbonyl (C=O) groups is 1. The fraction of sp³-hybridized carbons (Fsp3) is 0.478. The first kappa shape index (κ1) is 18.6. The summed E-state index contributed by atoms with van der Waals surface area (Å²) in [6.07, 6.45) is 7.82. The number of hydrogen-bond donors (Lipinski definition) is 1. The maximum atomic E-state index is 12.3. The number of amides is 1. The van der Waals surface area contributed by atoms with Gasteiger partial charge in [-0.15, -0.1) is 0 Å². The van der Waals surface area contributed by atoms with Gasteiger partial charge in [0.25, 0.3) is 0 Å². The van der Waals surface area contributed by atoms with E-state index < -0.39 is 5.79 Å². The zero-order valence-corrected chi connectivity index (χ0v) is 16.6. The van der Waals surface area contributed by atoms with Crippen LogP contribution in [-0.4, -0.2) is 40.7 Å². The second-order valence-corrected chi connectivity index (χ2v) is 8.29. The van der Waals surface area contributed by atoms with Crippen LogP contribution in [0.4, 0.5) is 5.69 Å². The van der Waals surface area contributed by atoms with Gasteiger partial charge in [0.2, 0.25) is 11.7 Å². The molecule has 1 aliphatic carbocycles. The summed E-state index contributed by atoms with van der Waals surface area (Å²) < 4.78 is 12.5. The second kappa shape index (κ2) is 7.76. The summed E-state index contributed by atoms with van der Waals surface area (Å²) in [6, 6.07) is 12.2. The molecule has 0 unspecified atom stereocenters. The molecule has 6 heteroatoms. The quantitative estimate of drug-likeness (QED) is 0.861. The van der Waals surface area contributed by atoms with Crippen molar-refractivity contribution in [2.75, 3.05) is 18.4 Å². The minimum Gasteiger partial charge on any atom is -0.462 e. The summed E-state index contributed by atoms with van der Waals surface area (Å²) in [4.78, 5) is 19.1. The zero-order chi connectivity index (χ0) is 19.7. The van der Waals surface area contributed by atoms with Crippen molar-refractivity contribution in [1.29, 1.82) is 0 Å². The summed E-state index contributed by atoms with van der Waals surface area (Å²) in [5.74, 6) is 0.300. The predicted molar refractivity (Wildman–Crippen MR) is 110 cm³/mol. The summed E-state index contributed by atoms with van der Waals surface area (Å²) in [5.41, 5.74) is 2.49. The van der Waals surface area contributed by atoms with Crippen LogP contribution in [0.15, 0.2) is 42.6 Å². The lowest BCUT2D eigenvalue weighted by atomic mass is 9.89. The van der Waals surface area contributed by atoms with Gasteiger partial charge in [-0.25, -0.2) is 0 Å². The van der Waals surface area contributed by atoms with Gasteiger partial charge in [0.05, 0.1) is 13.0 Å². The number of carbonyl (C=O) groups excluding carboxylic acids is 1. The highest BCUT2D eigenvalue weighted by Crippen LogP contribution is 2.40. The molecule has 3 heterocycles. The van der Waals surface area contributed by atoms with Crippen molar-refractivity contribution >= 4 is 11.6 Å². The van der Waals surface area contributed by atoms with Crippen LogP contribution in [0.5, 0.6) is 5.75 Å². The third kappa shape index (κ3) is 4.00. The van der Waals surface area contributed by atoms with Crippen molar-refractivity contribution in [3.63, 3.8) is 0 Å². The van der Waals surface area contributed by atoms with Crippen LogP contribution in [0.1, 0.15) is 43.4 Å². The largest absolute Gasteiger partial charge is 0.462 e. The smallest absolute Gasteiger partial charge is 0.230 e. The Bertz CT molecular complexity index is 874. The molecule has 1 amide bonds. The molecule has 1 saturated carbocycles. The first-order valence-corrected chi connectivity index (χ1v) is 10.6. The Hall–Kier alpha value is -2.44. The first-order valence-electron chi connectivity index (χ1n) is 10.6. The Morgan fingerprint density at radius 1 is 1.21 bits per heavy atom. The highest BCUT2D eigenvalue weighted by atomic mass is 16.7. The molecule has 3 aliphatic rings. The fourth-order valence-corrected chi connectivity index (χ4v) is 4.41. The van der Waals surface area contributed by atoms with Crippen LogP contribution in [0.2, 0.25) is 0 Å². The van der Waals surface area contributed by atoms with E-state index in [4.69, 9.17) is 9.47 Å². The average Bonchev–Trinajstić information content (AvgIpc) is 2.69. The number of nitrogens with one attached hydrogen (secondary N) is 1. The number of likely N-dealkylation sites (tertiary alicyclic amines) is 1. The molecule has 1 aromatic heterocycles. The molecular weight excluding hydrogens is 366 g/mol. The lowest BCUT2D eigenvalue weighted by Crippen LogP contribution is -2.54. The molecule has 0 atom stereocenters. The van der Waals surface area contributed by atoms with Gasteiger partial charge in [0.1, 0.15) is 5.75 Å². The minimum absolute atomic E-state index is 0.0823. The van der Waals surface area contributed by atoms with Gasteiger partial charge in [-0.3, -0.25) is 14.7 Å². The number of anilines is 1. The van der Waals surface area contributed by atoms with E-state index in [-0.39, 0.29) is 12.3 Å². The number of rotatable bonds is 4. The van der Waals surface area contributed by atoms with Crippen molar-refractivity contribution < 1.29 is 14.3 Å². The fourth-order valence-electron chi connectivity index (χ4n) is 4.41. The predicted octanol–water partition coefficient (Wildman–Crippen LogP) is 3.52. The average molecular weight is 393 g/mol. The Kier molecular flexibility index (Phi) is 4.97. The van der Waals surface area contributed by atoms with Gasteiger partial charge in [-0.1, -0.05) is 12.5 Å². The van der Waals surface area contributed by atoms with Gasteiger partial charge >= 0.3 is 0 Å². The Morgan fingerprint density at radius 2 is 2.07 bits per heavy atom. The van der Waals surface area contributed by atoms with Crippen molar-refractivity contribution in [1.82, 2.24) is 9.88 Å². The van der Waals surface area contributed by atoms with Gasteiger partial charge in [-0.05, 0) is 43.2 Å². The molecule has 2 fully saturated rings. The monoisotopic (exact) mass is 393 g/mol. The maximum Gasteiger partial charge on any atom is 0.230 e. The normalized spacial score (nSPS) is 21.1. The van der Waals surface area contributed by atoms with Gasteiger partial charge < -0.3 is 14.8 Å². The van der Waals surface area contributed by atoms with E-state index in [1.165, 1.54) is 19.3 Å². The molecule has 5 rings (SSSR count). The zero-order valence-electron chi connectivity index (χ0n) is 16.6. The number of nitrogens with zero attached hydrogens (tertiary/aromatic N) is 2. The van der Waals surface area contributed by atoms with Crippen LogP contribution in [-0.2, 0) is 22.6 Å². The highest BCUT2D eigenvalue weighted by molar-refractivity contribution is 5.92. The van der Waals surface area contributed by atoms with Gasteiger partial charge in [-0.2, -0.15) is 0 Å². The van der Waals surface area contributed by atoms with E-state index >= 15 is 0 Å². The highest BCUT2D eigenvalue weighted by Gasteiger charge is 2.42. The first-order chi connectivity index (χ1) is 14.2. The van der Waals surface area contributed by atoms with Crippen LogP contribution < -0.4 is 10.1 Å². The third-order valence-corrected chi connectivity index (χ3v) is 6.35. The van der Waals surface area contributed by atoms with Crippen molar-refractivity contribution in [3.05, 3.63) is 53.9 Å². The molecule has 0 bridgehead atoms. The molecular formula is C23H27N3O3. The Morgan fingerprint density at radius 3 is 2.79 bits per heavy atom. The molecule has 2 aromatic rings. The second-order valence-electron chi connectivity index (χ2n) is 8.29. The molecule has 0 radical (unpaired) electrons. The number of hydrogen-bond acceptors (Lipinski definition) is 5. The molecule has 29 heavy (non-hydrogen) atoms. The van der Waals surface area contributed by atoms with Crippen molar-refractivity contribution in [3.8, 4) is 5.75 Å². The van der Waals surface area contributed by atoms with E-state index in [0.717, 1.165) is 54.7 Å². The molecule has 1 aromatic carbocycles. The number of aromatic nitrogens is 1. The Balaban J connectivity index is 1.20. The lowest BCUT2D eigenvalue weighted by molar-refractivity contribution is -0.231. The van der Waals surface area contributed by atoms with E-state index in [1.54, 1.807) is 6.20 Å². The number of benzene rings is 1. The SMILES string of the molecule is O=C(Cc1ccccn1)Nc1ccc2c(c1)COC1(CCN(C3CCC3)CC1)O2. The Labute approximate surface area is 171 Å². The summed E-state index contributed by atoms with van der Waals surface area (Å²) >= 11 is 0. The molecule has 1 N–H and O–H groups in total. The van der Waals surface area contributed by atoms with E-state index in [0.29, 0.717) is 6.61 Å². The van der Waals surface area contributed by atoms with E-state index in [2.05, 4.69) is 15.2 Å².